The number of carbonyl (C=O) groups is 1. The van der Waals surface area contributed by atoms with Gasteiger partial charge in [0, 0.05) is 32.1 Å². The number of ether oxygens (including phenoxy) is 3. The van der Waals surface area contributed by atoms with E-state index >= 15 is 0 Å². The van der Waals surface area contributed by atoms with Gasteiger partial charge in [0.2, 0.25) is 18.4 Å². The predicted molar refractivity (Wildman–Crippen MR) is 95.0 cm³/mol. The minimum absolute atomic E-state index is 0.240. The molecule has 6 nitrogen and oxygen atoms in total. The van der Waals surface area contributed by atoms with E-state index < -0.39 is 0 Å². The van der Waals surface area contributed by atoms with E-state index in [1.807, 2.05) is 24.0 Å². The first kappa shape index (κ1) is 17.9. The molecule has 6 heteroatoms. The van der Waals surface area contributed by atoms with Gasteiger partial charge in [-0.25, -0.2) is 0 Å². The van der Waals surface area contributed by atoms with Crippen LogP contribution in [0.5, 0.6) is 17.2 Å². The maximum Gasteiger partial charge on any atom is 0.231 e. The van der Waals surface area contributed by atoms with E-state index in [0.29, 0.717) is 29.9 Å². The summed E-state index contributed by atoms with van der Waals surface area (Å²) in [6.07, 6.45) is 2.65. The van der Waals surface area contributed by atoms with Crippen LogP contribution in [0.15, 0.2) is 12.1 Å². The molecule has 2 aliphatic rings. The number of likely N-dealkylation sites (tertiary alicyclic amines) is 1. The average Bonchev–Trinajstić information content (AvgIpc) is 3.13. The van der Waals surface area contributed by atoms with Crippen molar-refractivity contribution in [2.75, 3.05) is 27.0 Å². The zero-order valence-electron chi connectivity index (χ0n) is 15.3. The molecule has 1 N–H and O–H groups in total. The summed E-state index contributed by atoms with van der Waals surface area (Å²) in [5.41, 5.74) is 1.11. The lowest BCUT2D eigenvalue weighted by Gasteiger charge is -2.38. The smallest absolute Gasteiger partial charge is 0.231 e. The van der Waals surface area contributed by atoms with Gasteiger partial charge in [-0.2, -0.15) is 0 Å². The quantitative estimate of drug-likeness (QED) is 0.856. The molecule has 0 aromatic heterocycles. The van der Waals surface area contributed by atoms with Gasteiger partial charge in [0.05, 0.1) is 7.11 Å². The largest absolute Gasteiger partial charge is 0.493 e. The van der Waals surface area contributed by atoms with E-state index in [4.69, 9.17) is 14.2 Å². The molecule has 1 amide bonds. The molecule has 1 aromatic rings. The molecule has 2 atom stereocenters. The second-order valence-electron chi connectivity index (χ2n) is 6.67. The lowest BCUT2D eigenvalue weighted by Crippen LogP contribution is -2.50. The highest BCUT2D eigenvalue weighted by atomic mass is 16.7. The summed E-state index contributed by atoms with van der Waals surface area (Å²) in [7, 11) is 1.64. The van der Waals surface area contributed by atoms with E-state index in [1.54, 1.807) is 7.11 Å². The summed E-state index contributed by atoms with van der Waals surface area (Å²) in [5.74, 6) is 2.88. The molecule has 0 saturated carbocycles. The highest BCUT2D eigenvalue weighted by molar-refractivity contribution is 5.75. The first-order valence-corrected chi connectivity index (χ1v) is 9.13. The molecule has 0 bridgehead atoms. The van der Waals surface area contributed by atoms with Gasteiger partial charge >= 0.3 is 0 Å². The van der Waals surface area contributed by atoms with Gasteiger partial charge in [0.1, 0.15) is 0 Å². The number of carbonyl (C=O) groups excluding carboxylic acids is 1. The van der Waals surface area contributed by atoms with E-state index in [9.17, 15) is 4.79 Å². The summed E-state index contributed by atoms with van der Waals surface area (Å²) in [6.45, 7) is 6.81. The Morgan fingerprint density at radius 2 is 2.20 bits per heavy atom. The lowest BCUT2D eigenvalue weighted by molar-refractivity contribution is -0.133. The van der Waals surface area contributed by atoms with Gasteiger partial charge in [0.25, 0.3) is 0 Å². The van der Waals surface area contributed by atoms with Crippen LogP contribution in [-0.4, -0.2) is 43.8 Å². The molecule has 0 aliphatic carbocycles. The van der Waals surface area contributed by atoms with Crippen molar-refractivity contribution in [3.63, 3.8) is 0 Å². The van der Waals surface area contributed by atoms with Gasteiger partial charge in [-0.3, -0.25) is 4.79 Å². The van der Waals surface area contributed by atoms with Crippen LogP contribution >= 0.6 is 0 Å². The lowest BCUT2D eigenvalue weighted by atomic mass is 9.89. The molecular formula is C19H28N2O4. The number of nitrogens with one attached hydrogen (secondary N) is 1. The predicted octanol–water partition coefficient (Wildman–Crippen LogP) is 2.55. The standard InChI is InChI=1S/C19H28N2O4/c1-4-14-11-21(18(22)5-2)7-6-15(14)20-10-13-8-16(23-3)19-17(9-13)24-12-25-19/h8-9,14-15,20H,4-7,10-12H2,1-3H3/t14-,15+/m0/s1. The fourth-order valence-electron chi connectivity index (χ4n) is 3.70. The Labute approximate surface area is 149 Å². The van der Waals surface area contributed by atoms with Crippen LogP contribution in [-0.2, 0) is 11.3 Å². The van der Waals surface area contributed by atoms with Crippen molar-refractivity contribution < 1.29 is 19.0 Å². The molecule has 1 aromatic carbocycles. The Balaban J connectivity index is 1.62. The number of amides is 1. The molecule has 0 radical (unpaired) electrons. The van der Waals surface area contributed by atoms with Crippen molar-refractivity contribution in [1.82, 2.24) is 10.2 Å². The summed E-state index contributed by atoms with van der Waals surface area (Å²) in [4.78, 5) is 14.0. The number of rotatable bonds is 6. The van der Waals surface area contributed by atoms with Gasteiger partial charge < -0.3 is 24.4 Å². The molecule has 1 saturated heterocycles. The Kier molecular flexibility index (Phi) is 5.68. The second kappa shape index (κ2) is 7.95. The number of fused-ring (bicyclic) bond motifs is 1. The Hall–Kier alpha value is -1.95. The molecule has 2 aliphatic heterocycles. The Morgan fingerprint density at radius 1 is 1.36 bits per heavy atom. The molecule has 25 heavy (non-hydrogen) atoms. The van der Waals surface area contributed by atoms with Crippen molar-refractivity contribution in [2.24, 2.45) is 5.92 Å². The number of nitrogens with zero attached hydrogens (tertiary/aromatic N) is 1. The van der Waals surface area contributed by atoms with Crippen molar-refractivity contribution in [1.29, 1.82) is 0 Å². The number of hydrogen-bond acceptors (Lipinski definition) is 5. The molecule has 3 rings (SSSR count). The van der Waals surface area contributed by atoms with Crippen LogP contribution in [0.1, 0.15) is 38.7 Å². The summed E-state index contributed by atoms with van der Waals surface area (Å²) in [6, 6.07) is 4.42. The van der Waals surface area contributed by atoms with Gasteiger partial charge in [-0.15, -0.1) is 0 Å². The first-order chi connectivity index (χ1) is 12.2. The highest BCUT2D eigenvalue weighted by Gasteiger charge is 2.29. The van der Waals surface area contributed by atoms with Crippen LogP contribution in [0.25, 0.3) is 0 Å². The average molecular weight is 348 g/mol. The Bertz CT molecular complexity index is 620. The number of methoxy groups -OCH3 is 1. The highest BCUT2D eigenvalue weighted by Crippen LogP contribution is 2.41. The van der Waals surface area contributed by atoms with Gasteiger partial charge in [-0.1, -0.05) is 20.3 Å². The number of benzene rings is 1. The second-order valence-corrected chi connectivity index (χ2v) is 6.67. The zero-order valence-corrected chi connectivity index (χ0v) is 15.3. The minimum Gasteiger partial charge on any atom is -0.493 e. The molecule has 1 fully saturated rings. The topological polar surface area (TPSA) is 60.0 Å². The van der Waals surface area contributed by atoms with Crippen molar-refractivity contribution >= 4 is 5.91 Å². The fourth-order valence-corrected chi connectivity index (χ4v) is 3.70. The maximum atomic E-state index is 12.0. The van der Waals surface area contributed by atoms with Crippen LogP contribution < -0.4 is 19.5 Å². The van der Waals surface area contributed by atoms with E-state index in [1.165, 1.54) is 0 Å². The normalized spacial score (nSPS) is 22.1. The molecule has 138 valence electrons. The number of piperidine rings is 1. The zero-order chi connectivity index (χ0) is 17.8. The molecule has 0 spiro atoms. The molecule has 0 unspecified atom stereocenters. The third kappa shape index (κ3) is 3.84. The summed E-state index contributed by atoms with van der Waals surface area (Å²) < 4.78 is 16.3. The van der Waals surface area contributed by atoms with Crippen LogP contribution in [0.3, 0.4) is 0 Å². The Morgan fingerprint density at radius 3 is 2.92 bits per heavy atom. The fraction of sp³-hybridized carbons (Fsp3) is 0.632. The summed E-state index contributed by atoms with van der Waals surface area (Å²) >= 11 is 0. The van der Waals surface area contributed by atoms with E-state index in [2.05, 4.69) is 12.2 Å². The maximum absolute atomic E-state index is 12.0. The van der Waals surface area contributed by atoms with Crippen molar-refractivity contribution in [3.8, 4) is 17.2 Å². The third-order valence-corrected chi connectivity index (χ3v) is 5.20. The first-order valence-electron chi connectivity index (χ1n) is 9.13. The monoisotopic (exact) mass is 348 g/mol. The molecular weight excluding hydrogens is 320 g/mol. The van der Waals surface area contributed by atoms with Crippen LogP contribution in [0.4, 0.5) is 0 Å². The van der Waals surface area contributed by atoms with Crippen molar-refractivity contribution in [3.05, 3.63) is 17.7 Å². The summed E-state index contributed by atoms with van der Waals surface area (Å²) in [5, 5.41) is 3.67. The van der Waals surface area contributed by atoms with Gasteiger partial charge in [-0.05, 0) is 30.0 Å². The SMILES string of the molecule is CCC(=O)N1CC[C@@H](NCc2cc(OC)c3c(c2)OCO3)[C@@H](CC)C1. The van der Waals surface area contributed by atoms with Crippen LogP contribution in [0.2, 0.25) is 0 Å². The van der Waals surface area contributed by atoms with Crippen LogP contribution in [0, 0.1) is 5.92 Å². The number of hydrogen-bond donors (Lipinski definition) is 1. The van der Waals surface area contributed by atoms with Crippen molar-refractivity contribution in [2.45, 2.75) is 45.7 Å². The van der Waals surface area contributed by atoms with E-state index in [-0.39, 0.29) is 12.7 Å². The third-order valence-electron chi connectivity index (χ3n) is 5.20. The van der Waals surface area contributed by atoms with E-state index in [0.717, 1.165) is 43.8 Å². The molecule has 2 heterocycles. The van der Waals surface area contributed by atoms with Gasteiger partial charge in [0.15, 0.2) is 11.5 Å². The minimum atomic E-state index is 0.240.